The maximum atomic E-state index is 12.8. The lowest BCUT2D eigenvalue weighted by atomic mass is 9.88. The van der Waals surface area contributed by atoms with E-state index in [0.717, 1.165) is 33.4 Å². The van der Waals surface area contributed by atoms with Crippen LogP contribution in [0.4, 0.5) is 5.82 Å². The SMILES string of the molecule is CC(Nc1nc2cc[nH]c(=O)c2c2cc(-c3cn(Cc4ccccc4)nn3)ccc12)C(C)(C)C. The molecule has 1 atom stereocenters. The average Bonchev–Trinajstić information content (AvgIpc) is 3.27. The molecule has 0 aliphatic heterocycles. The summed E-state index contributed by atoms with van der Waals surface area (Å²) in [5, 5.41) is 14.6. The van der Waals surface area contributed by atoms with Crippen molar-refractivity contribution in [2.45, 2.75) is 40.3 Å². The van der Waals surface area contributed by atoms with Crippen molar-refractivity contribution in [1.82, 2.24) is 25.0 Å². The lowest BCUT2D eigenvalue weighted by Crippen LogP contribution is -2.31. The van der Waals surface area contributed by atoms with Gasteiger partial charge in [-0.15, -0.1) is 5.10 Å². The third-order valence-electron chi connectivity index (χ3n) is 6.39. The quantitative estimate of drug-likeness (QED) is 0.357. The van der Waals surface area contributed by atoms with Crippen LogP contribution in [0.3, 0.4) is 0 Å². The van der Waals surface area contributed by atoms with E-state index in [2.05, 4.69) is 60.4 Å². The van der Waals surface area contributed by atoms with E-state index in [4.69, 9.17) is 4.98 Å². The number of hydrogen-bond donors (Lipinski definition) is 2. The summed E-state index contributed by atoms with van der Waals surface area (Å²) in [5.74, 6) is 0.773. The molecule has 0 amide bonds. The number of hydrogen-bond acceptors (Lipinski definition) is 5. The highest BCUT2D eigenvalue weighted by atomic mass is 16.1. The monoisotopic (exact) mass is 452 g/mol. The normalized spacial score (nSPS) is 12.8. The van der Waals surface area contributed by atoms with Crippen LogP contribution in [0.25, 0.3) is 32.9 Å². The van der Waals surface area contributed by atoms with Crippen molar-refractivity contribution in [3.05, 3.63) is 82.9 Å². The summed E-state index contributed by atoms with van der Waals surface area (Å²) in [6.07, 6.45) is 3.57. The van der Waals surface area contributed by atoms with E-state index in [1.165, 1.54) is 0 Å². The molecule has 5 aromatic rings. The zero-order valence-electron chi connectivity index (χ0n) is 19.8. The van der Waals surface area contributed by atoms with Gasteiger partial charge in [0.2, 0.25) is 0 Å². The fraction of sp³-hybridized carbons (Fsp3) is 0.259. The van der Waals surface area contributed by atoms with E-state index in [1.54, 1.807) is 6.20 Å². The minimum absolute atomic E-state index is 0.0499. The molecule has 0 radical (unpaired) electrons. The maximum Gasteiger partial charge on any atom is 0.258 e. The molecule has 34 heavy (non-hydrogen) atoms. The summed E-state index contributed by atoms with van der Waals surface area (Å²) in [6.45, 7) is 9.36. The first kappa shape index (κ1) is 21.8. The molecule has 7 nitrogen and oxygen atoms in total. The Labute approximate surface area is 197 Å². The van der Waals surface area contributed by atoms with Gasteiger partial charge in [0.15, 0.2) is 0 Å². The number of H-pyrrole nitrogens is 1. The van der Waals surface area contributed by atoms with Crippen molar-refractivity contribution in [3.63, 3.8) is 0 Å². The lowest BCUT2D eigenvalue weighted by molar-refractivity contribution is 0.359. The van der Waals surface area contributed by atoms with Crippen LogP contribution < -0.4 is 10.9 Å². The number of benzene rings is 2. The van der Waals surface area contributed by atoms with Gasteiger partial charge in [-0.3, -0.25) is 4.79 Å². The number of nitrogens with zero attached hydrogens (tertiary/aromatic N) is 4. The lowest BCUT2D eigenvalue weighted by Gasteiger charge is -2.29. The van der Waals surface area contributed by atoms with E-state index in [1.807, 2.05) is 53.3 Å². The smallest absolute Gasteiger partial charge is 0.258 e. The summed E-state index contributed by atoms with van der Waals surface area (Å²) in [7, 11) is 0. The molecule has 3 heterocycles. The summed E-state index contributed by atoms with van der Waals surface area (Å²) in [5.41, 5.74) is 3.36. The van der Waals surface area contributed by atoms with Gasteiger partial charge in [0, 0.05) is 28.6 Å². The van der Waals surface area contributed by atoms with Crippen LogP contribution in [0.5, 0.6) is 0 Å². The largest absolute Gasteiger partial charge is 0.367 e. The molecule has 5 rings (SSSR count). The molecule has 0 aliphatic rings. The number of pyridine rings is 2. The van der Waals surface area contributed by atoms with Crippen LogP contribution in [0.15, 0.2) is 71.8 Å². The van der Waals surface area contributed by atoms with Gasteiger partial charge in [0.05, 0.1) is 23.6 Å². The van der Waals surface area contributed by atoms with Gasteiger partial charge in [0.1, 0.15) is 11.5 Å². The van der Waals surface area contributed by atoms with Crippen LogP contribution in [0, 0.1) is 5.41 Å². The Bertz CT molecular complexity index is 1530. The predicted octanol–water partition coefficient (Wildman–Crippen LogP) is 5.23. The molecule has 0 saturated heterocycles. The Balaban J connectivity index is 1.61. The number of anilines is 1. The number of nitrogens with one attached hydrogen (secondary N) is 2. The summed E-state index contributed by atoms with van der Waals surface area (Å²) >= 11 is 0. The van der Waals surface area contributed by atoms with Gasteiger partial charge in [-0.2, -0.15) is 0 Å². The van der Waals surface area contributed by atoms with E-state index >= 15 is 0 Å². The molecular weight excluding hydrogens is 424 g/mol. The van der Waals surface area contributed by atoms with Gasteiger partial charge >= 0.3 is 0 Å². The summed E-state index contributed by atoms with van der Waals surface area (Å²) in [6, 6.07) is 18.2. The fourth-order valence-corrected chi connectivity index (χ4v) is 3.93. The zero-order valence-corrected chi connectivity index (χ0v) is 19.8. The predicted molar refractivity (Wildman–Crippen MR) is 137 cm³/mol. The third-order valence-corrected chi connectivity index (χ3v) is 6.39. The number of fused-ring (bicyclic) bond motifs is 3. The molecule has 172 valence electrons. The van der Waals surface area contributed by atoms with Crippen molar-refractivity contribution in [3.8, 4) is 11.3 Å². The van der Waals surface area contributed by atoms with E-state index in [9.17, 15) is 4.79 Å². The number of aromatic nitrogens is 5. The Kier molecular flexibility index (Phi) is 5.40. The van der Waals surface area contributed by atoms with Gasteiger partial charge < -0.3 is 10.3 Å². The molecule has 2 N–H and O–H groups in total. The fourth-order valence-electron chi connectivity index (χ4n) is 3.93. The van der Waals surface area contributed by atoms with Crippen molar-refractivity contribution in [2.75, 3.05) is 5.32 Å². The molecular formula is C27H28N6O. The van der Waals surface area contributed by atoms with Crippen molar-refractivity contribution in [2.24, 2.45) is 5.41 Å². The standard InChI is InChI=1S/C27H28N6O/c1-17(27(2,3)4)29-25-20-11-10-19(14-21(20)24-22(30-25)12-13-28-26(24)34)23-16-33(32-31-23)15-18-8-6-5-7-9-18/h5-14,16-17H,15H2,1-4H3,(H,28,34)(H,29,30). The zero-order chi connectivity index (χ0) is 23.9. The highest BCUT2D eigenvalue weighted by Crippen LogP contribution is 2.33. The van der Waals surface area contributed by atoms with Crippen LogP contribution in [0.1, 0.15) is 33.3 Å². The molecule has 0 fully saturated rings. The van der Waals surface area contributed by atoms with Gasteiger partial charge in [-0.1, -0.05) is 62.4 Å². The molecule has 0 bridgehead atoms. The first-order valence-electron chi connectivity index (χ1n) is 11.5. The number of rotatable bonds is 5. The Morgan fingerprint density at radius 2 is 1.85 bits per heavy atom. The highest BCUT2D eigenvalue weighted by molar-refractivity contribution is 6.10. The van der Waals surface area contributed by atoms with Gasteiger partial charge in [-0.05, 0) is 36.1 Å². The molecule has 0 saturated carbocycles. The Hall–Kier alpha value is -4.00. The van der Waals surface area contributed by atoms with Gasteiger partial charge in [0.25, 0.3) is 5.56 Å². The van der Waals surface area contributed by atoms with Gasteiger partial charge in [-0.25, -0.2) is 9.67 Å². The van der Waals surface area contributed by atoms with Crippen molar-refractivity contribution < 1.29 is 0 Å². The van der Waals surface area contributed by atoms with Crippen LogP contribution in [0.2, 0.25) is 0 Å². The molecule has 7 heteroatoms. The van der Waals surface area contributed by atoms with Crippen LogP contribution in [-0.4, -0.2) is 31.0 Å². The molecule has 0 spiro atoms. The topological polar surface area (TPSA) is 88.5 Å². The second kappa shape index (κ2) is 8.41. The summed E-state index contributed by atoms with van der Waals surface area (Å²) < 4.78 is 1.82. The Morgan fingerprint density at radius 3 is 2.62 bits per heavy atom. The average molecular weight is 453 g/mol. The third kappa shape index (κ3) is 4.17. The molecule has 1 unspecified atom stereocenters. The second-order valence-electron chi connectivity index (χ2n) is 9.81. The minimum Gasteiger partial charge on any atom is -0.367 e. The first-order chi connectivity index (χ1) is 16.3. The minimum atomic E-state index is -0.157. The van der Waals surface area contributed by atoms with Crippen LogP contribution >= 0.6 is 0 Å². The van der Waals surface area contributed by atoms with Crippen molar-refractivity contribution in [1.29, 1.82) is 0 Å². The summed E-state index contributed by atoms with van der Waals surface area (Å²) in [4.78, 5) is 20.4. The second-order valence-corrected chi connectivity index (χ2v) is 9.81. The van der Waals surface area contributed by atoms with E-state index in [0.29, 0.717) is 17.4 Å². The molecule has 2 aromatic carbocycles. The highest BCUT2D eigenvalue weighted by Gasteiger charge is 2.22. The molecule has 0 aliphatic carbocycles. The maximum absolute atomic E-state index is 12.8. The van der Waals surface area contributed by atoms with E-state index < -0.39 is 0 Å². The van der Waals surface area contributed by atoms with Crippen molar-refractivity contribution >= 4 is 27.5 Å². The molecule has 3 aromatic heterocycles. The first-order valence-corrected chi connectivity index (χ1v) is 11.5. The Morgan fingerprint density at radius 1 is 1.06 bits per heavy atom. The van der Waals surface area contributed by atoms with Crippen LogP contribution in [-0.2, 0) is 6.54 Å². The van der Waals surface area contributed by atoms with E-state index in [-0.39, 0.29) is 17.0 Å². The number of aromatic amines is 1.